The van der Waals surface area contributed by atoms with Crippen molar-refractivity contribution < 1.29 is 23.9 Å². The van der Waals surface area contributed by atoms with Gasteiger partial charge >= 0.3 is 0 Å². The Morgan fingerprint density at radius 3 is 2.43 bits per heavy atom. The van der Waals surface area contributed by atoms with Crippen LogP contribution in [0.5, 0.6) is 0 Å². The summed E-state index contributed by atoms with van der Waals surface area (Å²) in [6.07, 6.45) is 6.33. The van der Waals surface area contributed by atoms with E-state index in [4.69, 9.17) is 9.47 Å². The molecule has 4 aliphatic rings. The Bertz CT molecular complexity index is 986. The second-order valence-corrected chi connectivity index (χ2v) is 11.3. The van der Waals surface area contributed by atoms with Crippen LogP contribution in [-0.2, 0) is 19.1 Å². The molecule has 0 radical (unpaired) electrons. The van der Waals surface area contributed by atoms with Gasteiger partial charge in [0.15, 0.2) is 5.78 Å². The zero-order chi connectivity index (χ0) is 26.1. The zero-order valence-corrected chi connectivity index (χ0v) is 22.4. The van der Waals surface area contributed by atoms with Gasteiger partial charge in [-0.05, 0) is 68.3 Å². The SMILES string of the molecule is CC[C@H](C)[C@H](NC(=O)c1ccc(C2CCN(C3CCC3)CC2)cc1)C(=O)N1C[C@H](OC)[C@H]2OCC(=O)[C@H]21. The Kier molecular flexibility index (Phi) is 7.98. The molecule has 0 aromatic heterocycles. The molecule has 0 unspecified atom stereocenters. The predicted molar refractivity (Wildman–Crippen MR) is 139 cm³/mol. The van der Waals surface area contributed by atoms with E-state index in [1.165, 1.54) is 24.8 Å². The summed E-state index contributed by atoms with van der Waals surface area (Å²) >= 11 is 0. The van der Waals surface area contributed by atoms with Crippen LogP contribution in [0.4, 0.5) is 0 Å². The molecule has 8 heteroatoms. The Balaban J connectivity index is 1.23. The highest BCUT2D eigenvalue weighted by Gasteiger charge is 2.53. The van der Waals surface area contributed by atoms with Crippen LogP contribution in [0.25, 0.3) is 0 Å². The minimum atomic E-state index is -0.724. The number of ether oxygens (including phenoxy) is 2. The molecule has 0 spiro atoms. The molecule has 5 atom stereocenters. The van der Waals surface area contributed by atoms with Crippen molar-refractivity contribution in [1.29, 1.82) is 0 Å². The van der Waals surface area contributed by atoms with Crippen LogP contribution in [0, 0.1) is 5.92 Å². The third-order valence-corrected chi connectivity index (χ3v) is 9.25. The third kappa shape index (κ3) is 5.20. The van der Waals surface area contributed by atoms with Gasteiger partial charge < -0.3 is 24.6 Å². The number of benzene rings is 1. The first-order valence-electron chi connectivity index (χ1n) is 14.0. The number of rotatable bonds is 8. The number of fused-ring (bicyclic) bond motifs is 1. The van der Waals surface area contributed by atoms with E-state index in [0.29, 0.717) is 11.5 Å². The Labute approximate surface area is 220 Å². The van der Waals surface area contributed by atoms with Crippen LogP contribution in [0.1, 0.15) is 74.2 Å². The number of methoxy groups -OCH3 is 1. The topological polar surface area (TPSA) is 88.2 Å². The fourth-order valence-electron chi connectivity index (χ4n) is 6.39. The van der Waals surface area contributed by atoms with Crippen LogP contribution in [0.3, 0.4) is 0 Å². The number of ketones is 1. The molecular weight excluding hydrogens is 470 g/mol. The molecule has 5 rings (SSSR count). The van der Waals surface area contributed by atoms with Gasteiger partial charge in [0.05, 0.1) is 6.54 Å². The number of nitrogens with one attached hydrogen (secondary N) is 1. The van der Waals surface area contributed by atoms with Gasteiger partial charge in [0.25, 0.3) is 5.91 Å². The second-order valence-electron chi connectivity index (χ2n) is 11.3. The maximum absolute atomic E-state index is 13.7. The molecule has 37 heavy (non-hydrogen) atoms. The molecule has 0 bridgehead atoms. The van der Waals surface area contributed by atoms with E-state index in [-0.39, 0.29) is 42.8 Å². The van der Waals surface area contributed by atoms with Gasteiger partial charge in [-0.3, -0.25) is 14.4 Å². The molecule has 3 saturated heterocycles. The van der Waals surface area contributed by atoms with E-state index in [2.05, 4.69) is 22.3 Å². The van der Waals surface area contributed by atoms with E-state index in [0.717, 1.165) is 38.4 Å². The zero-order valence-electron chi connectivity index (χ0n) is 22.4. The first-order valence-corrected chi connectivity index (χ1v) is 14.0. The first kappa shape index (κ1) is 26.3. The summed E-state index contributed by atoms with van der Waals surface area (Å²) in [6, 6.07) is 7.33. The average Bonchev–Trinajstić information content (AvgIpc) is 3.46. The van der Waals surface area contributed by atoms with Crippen molar-refractivity contribution in [3.63, 3.8) is 0 Å². The molecular formula is C29H41N3O5. The van der Waals surface area contributed by atoms with Crippen LogP contribution in [0.15, 0.2) is 24.3 Å². The van der Waals surface area contributed by atoms with E-state index in [1.54, 1.807) is 12.0 Å². The highest BCUT2D eigenvalue weighted by molar-refractivity contribution is 5.99. The van der Waals surface area contributed by atoms with Crippen molar-refractivity contribution in [3.8, 4) is 0 Å². The smallest absolute Gasteiger partial charge is 0.251 e. The van der Waals surface area contributed by atoms with Crippen LogP contribution < -0.4 is 5.32 Å². The Morgan fingerprint density at radius 2 is 1.84 bits per heavy atom. The molecule has 3 heterocycles. The fraction of sp³-hybridized carbons (Fsp3) is 0.690. The van der Waals surface area contributed by atoms with Gasteiger partial charge in [-0.2, -0.15) is 0 Å². The summed E-state index contributed by atoms with van der Waals surface area (Å²) in [6.45, 7) is 6.55. The first-order chi connectivity index (χ1) is 17.9. The average molecular weight is 512 g/mol. The fourth-order valence-corrected chi connectivity index (χ4v) is 6.39. The molecule has 1 N–H and O–H groups in total. The summed E-state index contributed by atoms with van der Waals surface area (Å²) in [5.74, 6) is -0.176. The Morgan fingerprint density at radius 1 is 1.14 bits per heavy atom. The van der Waals surface area contributed by atoms with Gasteiger partial charge in [-0.15, -0.1) is 0 Å². The van der Waals surface area contributed by atoms with Crippen molar-refractivity contribution in [3.05, 3.63) is 35.4 Å². The highest BCUT2D eigenvalue weighted by Crippen LogP contribution is 2.34. The molecule has 1 aromatic rings. The van der Waals surface area contributed by atoms with E-state index in [1.807, 2.05) is 26.0 Å². The van der Waals surface area contributed by atoms with Gasteiger partial charge in [-0.25, -0.2) is 0 Å². The number of hydrogen-bond donors (Lipinski definition) is 1. The normalized spacial score (nSPS) is 28.6. The number of Topliss-reactive ketones (excluding diaryl/α,β-unsaturated/α-hetero) is 1. The molecule has 4 fully saturated rings. The van der Waals surface area contributed by atoms with Gasteiger partial charge in [0.2, 0.25) is 5.91 Å². The van der Waals surface area contributed by atoms with Gasteiger partial charge in [0, 0.05) is 18.7 Å². The maximum Gasteiger partial charge on any atom is 0.251 e. The summed E-state index contributed by atoms with van der Waals surface area (Å²) in [5, 5.41) is 2.99. The summed E-state index contributed by atoms with van der Waals surface area (Å²) in [5.41, 5.74) is 1.83. The quantitative estimate of drug-likeness (QED) is 0.578. The number of amides is 2. The number of hydrogen-bond acceptors (Lipinski definition) is 6. The lowest BCUT2D eigenvalue weighted by Gasteiger charge is -2.42. The van der Waals surface area contributed by atoms with Gasteiger partial charge in [0.1, 0.15) is 30.9 Å². The summed E-state index contributed by atoms with van der Waals surface area (Å²) < 4.78 is 11.1. The van der Waals surface area contributed by atoms with Crippen molar-refractivity contribution in [2.45, 2.75) is 88.6 Å². The largest absolute Gasteiger partial charge is 0.377 e. The second kappa shape index (κ2) is 11.2. The third-order valence-electron chi connectivity index (χ3n) is 9.25. The number of carbonyl (C=O) groups is 3. The monoisotopic (exact) mass is 511 g/mol. The van der Waals surface area contributed by atoms with Crippen molar-refractivity contribution in [2.75, 3.05) is 33.4 Å². The molecule has 3 aliphatic heterocycles. The summed E-state index contributed by atoms with van der Waals surface area (Å²) in [7, 11) is 1.57. The van der Waals surface area contributed by atoms with Crippen LogP contribution in [0.2, 0.25) is 0 Å². The number of carbonyl (C=O) groups excluding carboxylic acids is 3. The number of likely N-dealkylation sites (tertiary alicyclic amines) is 2. The minimum Gasteiger partial charge on any atom is -0.377 e. The lowest BCUT2D eigenvalue weighted by molar-refractivity contribution is -0.139. The lowest BCUT2D eigenvalue weighted by Crippen LogP contribution is -2.54. The number of nitrogens with zero attached hydrogens (tertiary/aromatic N) is 2. The molecule has 1 aromatic carbocycles. The Hall–Kier alpha value is -2.29. The lowest BCUT2D eigenvalue weighted by atomic mass is 9.85. The number of piperidine rings is 1. The molecule has 2 amide bonds. The van der Waals surface area contributed by atoms with Gasteiger partial charge in [-0.1, -0.05) is 38.8 Å². The molecule has 8 nitrogen and oxygen atoms in total. The van der Waals surface area contributed by atoms with Crippen LogP contribution in [-0.4, -0.2) is 91.1 Å². The molecule has 1 saturated carbocycles. The summed E-state index contributed by atoms with van der Waals surface area (Å²) in [4.78, 5) is 43.6. The molecule has 1 aliphatic carbocycles. The van der Waals surface area contributed by atoms with Crippen molar-refractivity contribution in [2.24, 2.45) is 5.92 Å². The molecule has 202 valence electrons. The van der Waals surface area contributed by atoms with Crippen molar-refractivity contribution >= 4 is 17.6 Å². The van der Waals surface area contributed by atoms with E-state index < -0.39 is 18.2 Å². The van der Waals surface area contributed by atoms with E-state index in [9.17, 15) is 14.4 Å². The highest BCUT2D eigenvalue weighted by atomic mass is 16.5. The predicted octanol–water partition coefficient (Wildman–Crippen LogP) is 2.76. The van der Waals surface area contributed by atoms with Crippen molar-refractivity contribution in [1.82, 2.24) is 15.1 Å². The van der Waals surface area contributed by atoms with E-state index >= 15 is 0 Å². The minimum absolute atomic E-state index is 0.00865. The maximum atomic E-state index is 13.7. The standard InChI is InChI=1S/C29H41N3O5/c1-4-18(2)25(29(35)32-16-24(36-3)27-26(32)23(33)17-37-27)30-28(34)21-10-8-19(9-11-21)20-12-14-31(15-13-20)22-6-5-7-22/h8-11,18,20,22,24-27H,4-7,12-17H2,1-3H3,(H,30,34)/t18-,24-,25-,26+,27+/m0/s1. The van der Waals surface area contributed by atoms with Crippen LogP contribution >= 0.6 is 0 Å².